The highest BCUT2D eigenvalue weighted by atomic mass is 19.4. The number of alkyl halides is 3. The molecule has 2 rings (SSSR count). The molecule has 1 aromatic rings. The molecule has 0 saturated carbocycles. The molecule has 2 N–H and O–H groups in total. The van der Waals surface area contributed by atoms with Crippen molar-refractivity contribution in [3.05, 3.63) is 23.9 Å². The molecule has 118 valence electrons. The summed E-state index contributed by atoms with van der Waals surface area (Å²) in [6.45, 7) is 7.00. The summed E-state index contributed by atoms with van der Waals surface area (Å²) in [7, 11) is 0. The third-order valence-electron chi connectivity index (χ3n) is 4.03. The van der Waals surface area contributed by atoms with Crippen LogP contribution in [0.25, 0.3) is 0 Å². The summed E-state index contributed by atoms with van der Waals surface area (Å²) in [5.41, 5.74) is 4.94. The van der Waals surface area contributed by atoms with Gasteiger partial charge in [0.25, 0.3) is 0 Å². The Morgan fingerprint density at radius 1 is 1.19 bits per heavy atom. The van der Waals surface area contributed by atoms with Crippen molar-refractivity contribution in [1.29, 1.82) is 0 Å². The molecule has 0 aromatic carbocycles. The molecule has 2 heterocycles. The summed E-state index contributed by atoms with van der Waals surface area (Å²) >= 11 is 0. The first-order chi connectivity index (χ1) is 9.75. The fourth-order valence-electron chi connectivity index (χ4n) is 2.52. The lowest BCUT2D eigenvalue weighted by molar-refractivity contribution is -0.137. The third-order valence-corrected chi connectivity index (χ3v) is 4.03. The number of nitrogens with zero attached hydrogens (tertiary/aromatic N) is 3. The van der Waals surface area contributed by atoms with Gasteiger partial charge in [0.05, 0.1) is 5.56 Å². The van der Waals surface area contributed by atoms with Crippen LogP contribution in [-0.4, -0.2) is 48.1 Å². The number of piperazine rings is 1. The number of halogens is 3. The van der Waals surface area contributed by atoms with E-state index >= 15 is 0 Å². The molecule has 7 heteroatoms. The first-order valence-electron chi connectivity index (χ1n) is 6.98. The summed E-state index contributed by atoms with van der Waals surface area (Å²) in [5.74, 6) is 0.0233. The molecular formula is C14H21F3N4. The maximum absolute atomic E-state index is 13.0. The average Bonchev–Trinajstić information content (AvgIpc) is 2.46. The summed E-state index contributed by atoms with van der Waals surface area (Å²) in [6.07, 6.45) is -2.97. The van der Waals surface area contributed by atoms with E-state index in [2.05, 4.69) is 9.88 Å². The van der Waals surface area contributed by atoms with E-state index in [0.29, 0.717) is 32.7 Å². The van der Waals surface area contributed by atoms with E-state index in [4.69, 9.17) is 5.73 Å². The van der Waals surface area contributed by atoms with Crippen LogP contribution in [0.3, 0.4) is 0 Å². The van der Waals surface area contributed by atoms with Crippen molar-refractivity contribution in [2.24, 2.45) is 5.73 Å². The molecule has 0 bridgehead atoms. The Bertz CT molecular complexity index is 479. The number of hydrogen-bond acceptors (Lipinski definition) is 4. The van der Waals surface area contributed by atoms with Gasteiger partial charge in [0.1, 0.15) is 5.82 Å². The number of pyridine rings is 1. The molecule has 21 heavy (non-hydrogen) atoms. The molecule has 0 aliphatic carbocycles. The molecule has 4 nitrogen and oxygen atoms in total. The van der Waals surface area contributed by atoms with Gasteiger partial charge in [-0.1, -0.05) is 0 Å². The highest BCUT2D eigenvalue weighted by Crippen LogP contribution is 2.35. The average molecular weight is 302 g/mol. The van der Waals surface area contributed by atoms with Crippen LogP contribution >= 0.6 is 0 Å². The number of hydrogen-bond donors (Lipinski definition) is 1. The summed E-state index contributed by atoms with van der Waals surface area (Å²) in [4.78, 5) is 7.85. The minimum absolute atomic E-state index is 0.0233. The molecule has 1 saturated heterocycles. The van der Waals surface area contributed by atoms with Crippen molar-refractivity contribution < 1.29 is 13.2 Å². The fourth-order valence-corrected chi connectivity index (χ4v) is 2.52. The highest BCUT2D eigenvalue weighted by molar-refractivity contribution is 5.48. The number of rotatable bonds is 3. The van der Waals surface area contributed by atoms with Gasteiger partial charge in [-0.2, -0.15) is 13.2 Å². The van der Waals surface area contributed by atoms with Crippen LogP contribution in [0.5, 0.6) is 0 Å². The normalized spacial score (nSPS) is 18.1. The molecule has 0 radical (unpaired) electrons. The molecule has 1 fully saturated rings. The van der Waals surface area contributed by atoms with Crippen LogP contribution in [0, 0.1) is 0 Å². The molecule has 0 atom stereocenters. The van der Waals surface area contributed by atoms with E-state index in [9.17, 15) is 13.2 Å². The molecule has 0 amide bonds. The Balaban J connectivity index is 2.13. The smallest absolute Gasteiger partial charge is 0.354 e. The first kappa shape index (κ1) is 16.0. The molecule has 0 unspecified atom stereocenters. The SMILES string of the molecule is CC(C)(CN)N1CCN(c2ncccc2C(F)(F)F)CC1. The molecule has 0 spiro atoms. The quantitative estimate of drug-likeness (QED) is 0.927. The van der Waals surface area contributed by atoms with Crippen molar-refractivity contribution >= 4 is 5.82 Å². The summed E-state index contributed by atoms with van der Waals surface area (Å²) in [5, 5.41) is 0. The van der Waals surface area contributed by atoms with Gasteiger partial charge in [-0.25, -0.2) is 4.98 Å². The van der Waals surface area contributed by atoms with Crippen LogP contribution in [0.1, 0.15) is 19.4 Å². The minimum Gasteiger partial charge on any atom is -0.354 e. The van der Waals surface area contributed by atoms with Gasteiger partial charge in [-0.15, -0.1) is 0 Å². The minimum atomic E-state index is -4.38. The third kappa shape index (κ3) is 3.47. The topological polar surface area (TPSA) is 45.4 Å². The monoisotopic (exact) mass is 302 g/mol. The molecule has 1 aliphatic rings. The van der Waals surface area contributed by atoms with E-state index in [-0.39, 0.29) is 11.4 Å². The zero-order valence-electron chi connectivity index (χ0n) is 12.3. The summed E-state index contributed by atoms with van der Waals surface area (Å²) in [6, 6.07) is 2.40. The predicted octanol–water partition coefficient (Wildman–Crippen LogP) is 1.96. The van der Waals surface area contributed by atoms with E-state index in [1.807, 2.05) is 13.8 Å². The lowest BCUT2D eigenvalue weighted by atomic mass is 10.0. The Morgan fingerprint density at radius 3 is 2.33 bits per heavy atom. The van der Waals surface area contributed by atoms with E-state index < -0.39 is 11.7 Å². The maximum atomic E-state index is 13.0. The number of anilines is 1. The lowest BCUT2D eigenvalue weighted by Crippen LogP contribution is -2.57. The van der Waals surface area contributed by atoms with Gasteiger partial charge in [0.2, 0.25) is 0 Å². The van der Waals surface area contributed by atoms with E-state index in [0.717, 1.165) is 6.07 Å². The Morgan fingerprint density at radius 2 is 1.81 bits per heavy atom. The van der Waals surface area contributed by atoms with Crippen molar-refractivity contribution in [3.8, 4) is 0 Å². The van der Waals surface area contributed by atoms with E-state index in [1.165, 1.54) is 12.3 Å². The van der Waals surface area contributed by atoms with Crippen LogP contribution in [-0.2, 0) is 6.18 Å². The highest BCUT2D eigenvalue weighted by Gasteiger charge is 2.37. The largest absolute Gasteiger partial charge is 0.419 e. The van der Waals surface area contributed by atoms with Crippen LogP contribution < -0.4 is 10.6 Å². The van der Waals surface area contributed by atoms with Gasteiger partial charge in [-0.3, -0.25) is 4.90 Å². The standard InChI is InChI=1S/C14H21F3N4/c1-13(2,10-18)21-8-6-20(7-9-21)12-11(14(15,16)17)4-3-5-19-12/h3-5H,6-10,18H2,1-2H3. The second-order valence-electron chi connectivity index (χ2n) is 5.86. The van der Waals surface area contributed by atoms with Crippen molar-refractivity contribution in [3.63, 3.8) is 0 Å². The van der Waals surface area contributed by atoms with Gasteiger partial charge in [-0.05, 0) is 26.0 Å². The lowest BCUT2D eigenvalue weighted by Gasteiger charge is -2.44. The first-order valence-corrected chi connectivity index (χ1v) is 6.98. The second-order valence-corrected chi connectivity index (χ2v) is 5.86. The molecule has 1 aromatic heterocycles. The predicted molar refractivity (Wildman–Crippen MR) is 76.2 cm³/mol. The Labute approximate surface area is 122 Å². The van der Waals surface area contributed by atoms with Gasteiger partial charge in [0.15, 0.2) is 0 Å². The zero-order valence-corrected chi connectivity index (χ0v) is 12.3. The zero-order chi connectivity index (χ0) is 15.7. The molecular weight excluding hydrogens is 281 g/mol. The number of aromatic nitrogens is 1. The Hall–Kier alpha value is -1.34. The van der Waals surface area contributed by atoms with Gasteiger partial charge >= 0.3 is 6.18 Å². The van der Waals surface area contributed by atoms with Crippen molar-refractivity contribution in [2.45, 2.75) is 25.6 Å². The van der Waals surface area contributed by atoms with Gasteiger partial charge in [0, 0.05) is 44.5 Å². The second kappa shape index (κ2) is 5.81. The van der Waals surface area contributed by atoms with Crippen LogP contribution in [0.2, 0.25) is 0 Å². The van der Waals surface area contributed by atoms with Gasteiger partial charge < -0.3 is 10.6 Å². The van der Waals surface area contributed by atoms with E-state index in [1.54, 1.807) is 4.90 Å². The van der Waals surface area contributed by atoms with Crippen molar-refractivity contribution in [2.75, 3.05) is 37.6 Å². The Kier molecular flexibility index (Phi) is 4.43. The van der Waals surface area contributed by atoms with Crippen molar-refractivity contribution in [1.82, 2.24) is 9.88 Å². The maximum Gasteiger partial charge on any atom is 0.419 e. The van der Waals surface area contributed by atoms with Crippen LogP contribution in [0.4, 0.5) is 19.0 Å². The van der Waals surface area contributed by atoms with Crippen LogP contribution in [0.15, 0.2) is 18.3 Å². The fraction of sp³-hybridized carbons (Fsp3) is 0.643. The molecule has 1 aliphatic heterocycles. The summed E-state index contributed by atoms with van der Waals surface area (Å²) < 4.78 is 39.1. The number of nitrogens with two attached hydrogens (primary N) is 1.